The Morgan fingerprint density at radius 3 is 2.67 bits per heavy atom. The van der Waals surface area contributed by atoms with Gasteiger partial charge in [-0.15, -0.1) is 0 Å². The van der Waals surface area contributed by atoms with Crippen LogP contribution < -0.4 is 5.73 Å². The van der Waals surface area contributed by atoms with Crippen LogP contribution in [-0.4, -0.2) is 31.4 Å². The molecule has 0 rings (SSSR count). The number of carbonyl (C=O) groups is 1. The van der Waals surface area contributed by atoms with Crippen molar-refractivity contribution in [2.45, 2.75) is 12.8 Å². The van der Waals surface area contributed by atoms with Gasteiger partial charge in [0, 0.05) is 13.6 Å². The lowest BCUT2D eigenvalue weighted by molar-refractivity contribution is -0.117. The summed E-state index contributed by atoms with van der Waals surface area (Å²) in [6, 6.07) is 0. The van der Waals surface area contributed by atoms with Crippen LogP contribution in [0.4, 0.5) is 0 Å². The molecule has 54 valence electrons. The summed E-state index contributed by atoms with van der Waals surface area (Å²) in [5.41, 5.74) is 5.25. The first-order valence-electron chi connectivity index (χ1n) is 3.17. The van der Waals surface area contributed by atoms with Gasteiger partial charge in [-0.1, -0.05) is 0 Å². The monoisotopic (exact) mass is 130 g/mol. The van der Waals surface area contributed by atoms with Crippen molar-refractivity contribution in [3.05, 3.63) is 0 Å². The maximum Gasteiger partial charge on any atom is 0.209 e. The number of hydrogen-bond donors (Lipinski definition) is 1. The van der Waals surface area contributed by atoms with E-state index < -0.39 is 0 Å². The first-order chi connectivity index (χ1) is 4.31. The zero-order chi connectivity index (χ0) is 7.11. The lowest BCUT2D eigenvalue weighted by Gasteiger charge is -2.08. The number of hydrogen-bond acceptors (Lipinski definition) is 2. The van der Waals surface area contributed by atoms with Crippen LogP contribution in [0.25, 0.3) is 0 Å². The zero-order valence-corrected chi connectivity index (χ0v) is 5.84. The van der Waals surface area contributed by atoms with Gasteiger partial charge >= 0.3 is 0 Å². The fourth-order valence-electron chi connectivity index (χ4n) is 0.558. The van der Waals surface area contributed by atoms with Gasteiger partial charge < -0.3 is 10.6 Å². The van der Waals surface area contributed by atoms with Crippen molar-refractivity contribution in [3.63, 3.8) is 0 Å². The van der Waals surface area contributed by atoms with Crippen LogP contribution in [0.2, 0.25) is 0 Å². The minimum atomic E-state index is 0.715. The molecule has 2 N–H and O–H groups in total. The van der Waals surface area contributed by atoms with E-state index >= 15 is 0 Å². The summed E-state index contributed by atoms with van der Waals surface area (Å²) in [7, 11) is 1.77. The van der Waals surface area contributed by atoms with Gasteiger partial charge in [-0.25, -0.2) is 0 Å². The molecule has 0 heterocycles. The van der Waals surface area contributed by atoms with Crippen LogP contribution >= 0.6 is 0 Å². The standard InChI is InChI=1S/C6H14N2O/c1-8(6-9)5-3-2-4-7/h6H,2-5,7H2,1H3. The molecule has 0 spiro atoms. The lowest BCUT2D eigenvalue weighted by atomic mass is 10.3. The highest BCUT2D eigenvalue weighted by Crippen LogP contribution is 1.86. The molecule has 9 heavy (non-hydrogen) atoms. The molecule has 0 bridgehead atoms. The van der Waals surface area contributed by atoms with Crippen LogP contribution in [0.15, 0.2) is 0 Å². The normalized spacial score (nSPS) is 9.11. The van der Waals surface area contributed by atoms with Crippen molar-refractivity contribution in [1.82, 2.24) is 4.90 Å². The number of unbranched alkanes of at least 4 members (excludes halogenated alkanes) is 1. The second-order valence-electron chi connectivity index (χ2n) is 2.08. The molecular formula is C6H14N2O. The van der Waals surface area contributed by atoms with Crippen molar-refractivity contribution < 1.29 is 4.79 Å². The zero-order valence-electron chi connectivity index (χ0n) is 5.84. The predicted molar refractivity (Wildman–Crippen MR) is 37.0 cm³/mol. The molecular weight excluding hydrogens is 116 g/mol. The van der Waals surface area contributed by atoms with E-state index in [2.05, 4.69) is 0 Å². The van der Waals surface area contributed by atoms with Gasteiger partial charge in [0.15, 0.2) is 0 Å². The Labute approximate surface area is 55.8 Å². The second kappa shape index (κ2) is 5.56. The van der Waals surface area contributed by atoms with Crippen molar-refractivity contribution in [2.24, 2.45) is 5.73 Å². The fraction of sp³-hybridized carbons (Fsp3) is 0.833. The Morgan fingerprint density at radius 1 is 1.56 bits per heavy atom. The summed E-state index contributed by atoms with van der Waals surface area (Å²) >= 11 is 0. The molecule has 0 saturated carbocycles. The lowest BCUT2D eigenvalue weighted by Crippen LogP contribution is -2.17. The van der Waals surface area contributed by atoms with Crippen LogP contribution in [0, 0.1) is 0 Å². The Kier molecular flexibility index (Phi) is 5.21. The molecule has 0 aromatic heterocycles. The fourth-order valence-corrected chi connectivity index (χ4v) is 0.558. The van der Waals surface area contributed by atoms with Gasteiger partial charge in [0.1, 0.15) is 0 Å². The third kappa shape index (κ3) is 5.30. The summed E-state index contributed by atoms with van der Waals surface area (Å²) in [6.45, 7) is 1.54. The van der Waals surface area contributed by atoms with Crippen LogP contribution in [0.5, 0.6) is 0 Å². The minimum absolute atomic E-state index is 0.715. The Hall–Kier alpha value is -0.570. The third-order valence-electron chi connectivity index (χ3n) is 1.14. The molecule has 0 aliphatic heterocycles. The summed E-state index contributed by atoms with van der Waals surface area (Å²) in [6.07, 6.45) is 2.83. The van der Waals surface area contributed by atoms with Gasteiger partial charge in [0.05, 0.1) is 0 Å². The highest BCUT2D eigenvalue weighted by Gasteiger charge is 1.90. The van der Waals surface area contributed by atoms with Gasteiger partial charge in [-0.2, -0.15) is 0 Å². The second-order valence-corrected chi connectivity index (χ2v) is 2.08. The van der Waals surface area contributed by atoms with Gasteiger partial charge in [-0.05, 0) is 19.4 Å². The summed E-state index contributed by atoms with van der Waals surface area (Å²) in [5, 5.41) is 0. The number of rotatable bonds is 5. The Bertz CT molecular complexity index is 75.5. The SMILES string of the molecule is CN(C=O)CCCCN. The largest absolute Gasteiger partial charge is 0.348 e. The van der Waals surface area contributed by atoms with E-state index in [9.17, 15) is 4.79 Å². The average Bonchev–Trinajstić information content (AvgIpc) is 1.89. The molecule has 0 saturated heterocycles. The number of nitrogens with zero attached hydrogens (tertiary/aromatic N) is 1. The van der Waals surface area contributed by atoms with Crippen molar-refractivity contribution in [2.75, 3.05) is 20.1 Å². The van der Waals surface area contributed by atoms with Crippen LogP contribution in [0.3, 0.4) is 0 Å². The van der Waals surface area contributed by atoms with E-state index in [1.165, 1.54) is 0 Å². The van der Waals surface area contributed by atoms with E-state index in [4.69, 9.17) is 5.73 Å². The molecule has 0 fully saturated rings. The molecule has 0 unspecified atom stereocenters. The Balaban J connectivity index is 2.96. The highest BCUT2D eigenvalue weighted by atomic mass is 16.1. The summed E-state index contributed by atoms with van der Waals surface area (Å²) in [4.78, 5) is 11.6. The summed E-state index contributed by atoms with van der Waals surface area (Å²) in [5.74, 6) is 0. The predicted octanol–water partition coefficient (Wildman–Crippen LogP) is -0.186. The van der Waals surface area contributed by atoms with Crippen molar-refractivity contribution in [1.29, 1.82) is 0 Å². The third-order valence-corrected chi connectivity index (χ3v) is 1.14. The van der Waals surface area contributed by atoms with E-state index in [0.717, 1.165) is 25.8 Å². The molecule has 0 aromatic rings. The van der Waals surface area contributed by atoms with E-state index in [-0.39, 0.29) is 0 Å². The van der Waals surface area contributed by atoms with E-state index in [1.54, 1.807) is 11.9 Å². The van der Waals surface area contributed by atoms with Gasteiger partial charge in [-0.3, -0.25) is 4.79 Å². The maximum atomic E-state index is 9.99. The smallest absolute Gasteiger partial charge is 0.209 e. The molecule has 0 aliphatic rings. The molecule has 0 atom stereocenters. The first kappa shape index (κ1) is 8.43. The molecule has 0 radical (unpaired) electrons. The van der Waals surface area contributed by atoms with Crippen molar-refractivity contribution >= 4 is 6.41 Å². The van der Waals surface area contributed by atoms with Gasteiger partial charge in [0.25, 0.3) is 0 Å². The number of carbonyl (C=O) groups excluding carboxylic acids is 1. The van der Waals surface area contributed by atoms with E-state index in [1.807, 2.05) is 0 Å². The first-order valence-corrected chi connectivity index (χ1v) is 3.17. The van der Waals surface area contributed by atoms with E-state index in [0.29, 0.717) is 6.54 Å². The molecule has 0 aliphatic carbocycles. The quantitative estimate of drug-likeness (QED) is 0.414. The Morgan fingerprint density at radius 2 is 2.22 bits per heavy atom. The maximum absolute atomic E-state index is 9.99. The van der Waals surface area contributed by atoms with Crippen LogP contribution in [-0.2, 0) is 4.79 Å². The average molecular weight is 130 g/mol. The molecule has 0 aromatic carbocycles. The number of nitrogens with two attached hydrogens (primary N) is 1. The molecule has 3 heteroatoms. The minimum Gasteiger partial charge on any atom is -0.348 e. The highest BCUT2D eigenvalue weighted by molar-refractivity contribution is 5.46. The van der Waals surface area contributed by atoms with Crippen molar-refractivity contribution in [3.8, 4) is 0 Å². The van der Waals surface area contributed by atoms with Gasteiger partial charge in [0.2, 0.25) is 6.41 Å². The molecule has 1 amide bonds. The molecule has 3 nitrogen and oxygen atoms in total. The topological polar surface area (TPSA) is 46.3 Å². The number of amides is 1. The summed E-state index contributed by atoms with van der Waals surface area (Å²) < 4.78 is 0. The van der Waals surface area contributed by atoms with Crippen LogP contribution in [0.1, 0.15) is 12.8 Å².